The second-order valence-corrected chi connectivity index (χ2v) is 22.9. The zero-order valence-corrected chi connectivity index (χ0v) is 49.1. The molecule has 0 aromatic rings. The summed E-state index contributed by atoms with van der Waals surface area (Å²) in [5, 5.41) is 0. The number of ether oxygens (including phenoxy) is 2. The minimum Gasteiger partial charge on any atom is -0.454 e. The van der Waals surface area contributed by atoms with Crippen LogP contribution in [0.15, 0.2) is 130 Å². The number of carbonyl (C=O) groups is 4. The molecular weight excluding hydrogens is 913 g/mol. The van der Waals surface area contributed by atoms with Gasteiger partial charge in [0.25, 0.3) is 0 Å². The third-order valence-electron chi connectivity index (χ3n) is 14.8. The largest absolute Gasteiger partial charge is 0.454 e. The molecule has 6 nitrogen and oxygen atoms in total. The standard InChI is InChI=1S/C68H104O6/c1-13-15-17-19-21-23-25-27-29-31-33-45-63(69)73-61-51-67(9,10)59(57(7)65(61)71)49-47-55(5)43-37-41-53(3)39-35-36-40-54(4)42-38-44-56(6)48-50-60-58(8)66(72)62(52-68(60,11)12)74-64(70)46-34-32-30-28-26-24-22-20-18-16-14-2/h35-44,47-50,61-62H,13-34,45-46,51-52H2,1-12H3/b36-35+,41-37+,42-38+,49-47+,50-48+,53-39+,54-40+,55-43+,56-44+/t61-,62-/m0/s1. The summed E-state index contributed by atoms with van der Waals surface area (Å²) in [5.41, 5.74) is 7.07. The van der Waals surface area contributed by atoms with Crippen molar-refractivity contribution >= 4 is 23.5 Å². The molecule has 0 spiro atoms. The summed E-state index contributed by atoms with van der Waals surface area (Å²) in [5.74, 6) is -0.689. The van der Waals surface area contributed by atoms with Crippen LogP contribution in [-0.2, 0) is 28.7 Å². The van der Waals surface area contributed by atoms with E-state index in [2.05, 4.69) is 130 Å². The number of allylic oxidation sites excluding steroid dienone is 20. The van der Waals surface area contributed by atoms with Gasteiger partial charge in [0, 0.05) is 25.7 Å². The summed E-state index contributed by atoms with van der Waals surface area (Å²) in [6.45, 7) is 25.0. The van der Waals surface area contributed by atoms with Gasteiger partial charge in [0.1, 0.15) is 0 Å². The van der Waals surface area contributed by atoms with Crippen LogP contribution in [0.5, 0.6) is 0 Å². The highest BCUT2D eigenvalue weighted by Gasteiger charge is 2.41. The van der Waals surface area contributed by atoms with Crippen molar-refractivity contribution in [3.63, 3.8) is 0 Å². The average molecular weight is 1020 g/mol. The summed E-state index contributed by atoms with van der Waals surface area (Å²) >= 11 is 0. The van der Waals surface area contributed by atoms with E-state index >= 15 is 0 Å². The molecule has 0 aromatic carbocycles. The molecule has 0 unspecified atom stereocenters. The lowest BCUT2D eigenvalue weighted by Gasteiger charge is -2.36. The predicted octanol–water partition coefficient (Wildman–Crippen LogP) is 19.4. The number of esters is 2. The Kier molecular flexibility index (Phi) is 33.0. The Balaban J connectivity index is 1.82. The maximum Gasteiger partial charge on any atom is 0.306 e. The molecule has 0 N–H and O–H groups in total. The van der Waals surface area contributed by atoms with E-state index in [0.717, 1.165) is 72.0 Å². The lowest BCUT2D eigenvalue weighted by Crippen LogP contribution is -2.39. The highest BCUT2D eigenvalue weighted by atomic mass is 16.6. The van der Waals surface area contributed by atoms with Crippen LogP contribution in [0.4, 0.5) is 0 Å². The fraction of sp³-hybridized carbons (Fsp3) is 0.618. The summed E-state index contributed by atoms with van der Waals surface area (Å²) in [6, 6.07) is 0. The molecule has 0 saturated carbocycles. The molecule has 0 amide bonds. The van der Waals surface area contributed by atoms with E-state index in [1.807, 2.05) is 38.2 Å². The van der Waals surface area contributed by atoms with Crippen LogP contribution >= 0.6 is 0 Å². The molecule has 0 radical (unpaired) electrons. The van der Waals surface area contributed by atoms with E-state index in [4.69, 9.17) is 9.47 Å². The molecule has 2 aliphatic rings. The van der Waals surface area contributed by atoms with Crippen molar-refractivity contribution in [1.29, 1.82) is 0 Å². The Labute approximate surface area is 452 Å². The van der Waals surface area contributed by atoms with E-state index in [9.17, 15) is 19.2 Å². The maximum absolute atomic E-state index is 13.4. The first-order chi connectivity index (χ1) is 35.3. The molecule has 0 heterocycles. The Morgan fingerprint density at radius 2 is 0.703 bits per heavy atom. The number of hydrogen-bond acceptors (Lipinski definition) is 6. The van der Waals surface area contributed by atoms with Gasteiger partial charge in [-0.05, 0) is 87.5 Å². The van der Waals surface area contributed by atoms with Crippen LogP contribution in [0.1, 0.15) is 250 Å². The maximum atomic E-state index is 13.4. The predicted molar refractivity (Wildman–Crippen MR) is 315 cm³/mol. The molecule has 0 aromatic heterocycles. The van der Waals surface area contributed by atoms with Crippen molar-refractivity contribution in [2.24, 2.45) is 10.8 Å². The second kappa shape index (κ2) is 37.2. The van der Waals surface area contributed by atoms with E-state index in [1.165, 1.54) is 103 Å². The van der Waals surface area contributed by atoms with E-state index in [-0.39, 0.29) is 34.3 Å². The van der Waals surface area contributed by atoms with Crippen LogP contribution in [0.2, 0.25) is 0 Å². The van der Waals surface area contributed by atoms with Crippen molar-refractivity contribution in [3.8, 4) is 0 Å². The van der Waals surface area contributed by atoms with Crippen molar-refractivity contribution in [2.75, 3.05) is 0 Å². The number of unbranched alkanes of at least 4 members (excludes halogenated alkanes) is 20. The monoisotopic (exact) mass is 1020 g/mol. The van der Waals surface area contributed by atoms with Gasteiger partial charge in [-0.2, -0.15) is 0 Å². The average Bonchev–Trinajstić information content (AvgIpc) is 3.34. The Morgan fingerprint density at radius 1 is 0.432 bits per heavy atom. The van der Waals surface area contributed by atoms with E-state index < -0.39 is 12.2 Å². The highest BCUT2D eigenvalue weighted by Crippen LogP contribution is 2.42. The molecule has 2 rings (SSSR count). The van der Waals surface area contributed by atoms with Crippen LogP contribution in [0.25, 0.3) is 0 Å². The minimum atomic E-state index is -0.718. The quantitative estimate of drug-likeness (QED) is 0.0353. The van der Waals surface area contributed by atoms with Gasteiger partial charge in [-0.3, -0.25) is 19.2 Å². The molecule has 0 aliphatic heterocycles. The first-order valence-electron chi connectivity index (χ1n) is 29.3. The van der Waals surface area contributed by atoms with Gasteiger partial charge in [-0.1, -0.05) is 277 Å². The zero-order valence-electron chi connectivity index (χ0n) is 49.1. The normalized spacial score (nSPS) is 19.2. The Morgan fingerprint density at radius 3 is 1.01 bits per heavy atom. The molecule has 0 saturated heterocycles. The number of hydrogen-bond donors (Lipinski definition) is 0. The fourth-order valence-electron chi connectivity index (χ4n) is 10.1. The molecule has 74 heavy (non-hydrogen) atoms. The zero-order chi connectivity index (χ0) is 54.8. The molecule has 0 bridgehead atoms. The fourth-order valence-corrected chi connectivity index (χ4v) is 10.1. The summed E-state index contributed by atoms with van der Waals surface area (Å²) in [6.07, 6.45) is 56.1. The van der Waals surface area contributed by atoms with Crippen LogP contribution in [0.3, 0.4) is 0 Å². The Bertz CT molecular complexity index is 1950. The summed E-state index contributed by atoms with van der Waals surface area (Å²) in [7, 11) is 0. The number of rotatable bonds is 36. The van der Waals surface area contributed by atoms with Crippen LogP contribution in [0, 0.1) is 10.8 Å². The highest BCUT2D eigenvalue weighted by molar-refractivity contribution is 6.02. The third kappa shape index (κ3) is 27.3. The van der Waals surface area contributed by atoms with Gasteiger partial charge in [0.05, 0.1) is 0 Å². The molecule has 6 heteroatoms. The molecular formula is C68H104O6. The van der Waals surface area contributed by atoms with Gasteiger partial charge in [0.15, 0.2) is 23.8 Å². The molecule has 412 valence electrons. The summed E-state index contributed by atoms with van der Waals surface area (Å²) < 4.78 is 11.6. The first-order valence-corrected chi connectivity index (χ1v) is 29.3. The van der Waals surface area contributed by atoms with Gasteiger partial charge in [-0.15, -0.1) is 0 Å². The number of Topliss-reactive ketones (excluding diaryl/α,β-unsaturated/α-hetero) is 2. The Hall–Kier alpha value is -4.58. The second-order valence-electron chi connectivity index (χ2n) is 22.9. The van der Waals surface area contributed by atoms with Gasteiger partial charge < -0.3 is 9.47 Å². The van der Waals surface area contributed by atoms with Gasteiger partial charge in [0.2, 0.25) is 0 Å². The molecule has 0 fully saturated rings. The molecule has 2 aliphatic carbocycles. The number of ketones is 2. The van der Waals surface area contributed by atoms with Gasteiger partial charge >= 0.3 is 11.9 Å². The van der Waals surface area contributed by atoms with Crippen molar-refractivity contribution in [1.82, 2.24) is 0 Å². The van der Waals surface area contributed by atoms with Gasteiger partial charge in [-0.25, -0.2) is 0 Å². The SMILES string of the molecule is CCCCCCCCCCCCCC(=O)O[C@H]1CC(C)(C)C(/C=C/C(C)=C/C=C/C(C)=C/C=C/C=C(C)/C=C/C=C(C)/C=C/C2=C(C)C(=O)[C@@H](OC(=O)CCCCCCCCCCCCC)CC2(C)C)=C(C)C1=O. The number of carbonyl (C=O) groups excluding carboxylic acids is 4. The van der Waals surface area contributed by atoms with E-state index in [1.54, 1.807) is 0 Å². The van der Waals surface area contributed by atoms with Crippen LogP contribution < -0.4 is 0 Å². The lowest BCUT2D eigenvalue weighted by molar-refractivity contribution is -0.156. The summed E-state index contributed by atoms with van der Waals surface area (Å²) in [4.78, 5) is 52.2. The smallest absolute Gasteiger partial charge is 0.306 e. The minimum absolute atomic E-state index is 0.0862. The van der Waals surface area contributed by atoms with Crippen molar-refractivity contribution in [2.45, 2.75) is 262 Å². The topological polar surface area (TPSA) is 86.7 Å². The molecule has 2 atom stereocenters. The lowest BCUT2D eigenvalue weighted by atomic mass is 9.71. The van der Waals surface area contributed by atoms with Crippen molar-refractivity contribution in [3.05, 3.63) is 130 Å². The van der Waals surface area contributed by atoms with Crippen molar-refractivity contribution < 1.29 is 28.7 Å². The third-order valence-corrected chi connectivity index (χ3v) is 14.8. The van der Waals surface area contributed by atoms with E-state index in [0.29, 0.717) is 36.8 Å². The first kappa shape index (κ1) is 65.5. The van der Waals surface area contributed by atoms with Crippen LogP contribution in [-0.4, -0.2) is 35.7 Å².